The van der Waals surface area contributed by atoms with Crippen molar-refractivity contribution in [3.05, 3.63) is 4.88 Å². The minimum absolute atomic E-state index is 0.469. The van der Waals surface area contributed by atoms with E-state index in [-0.39, 0.29) is 0 Å². The highest BCUT2D eigenvalue weighted by Crippen LogP contribution is 2.27. The molecule has 0 fully saturated rings. The van der Waals surface area contributed by atoms with Crippen LogP contribution in [0.4, 0.5) is 10.9 Å². The summed E-state index contributed by atoms with van der Waals surface area (Å²) in [6.07, 6.45) is 2.24. The van der Waals surface area contributed by atoms with Gasteiger partial charge in [-0.15, -0.1) is 0 Å². The van der Waals surface area contributed by atoms with E-state index >= 15 is 0 Å². The van der Waals surface area contributed by atoms with Gasteiger partial charge in [0.2, 0.25) is 0 Å². The third-order valence-electron chi connectivity index (χ3n) is 2.19. The number of thiazole rings is 1. The largest absolute Gasteiger partial charge is 0.375 e. The fourth-order valence-electron chi connectivity index (χ4n) is 1.38. The maximum absolute atomic E-state index is 8.94. The maximum atomic E-state index is 8.94. The van der Waals surface area contributed by atoms with E-state index < -0.39 is 0 Å². The summed E-state index contributed by atoms with van der Waals surface area (Å²) in [5.74, 6) is 0.746. The standard InChI is InChI=1S/C10H16N4S/c1-3-5-6-14(4-2)9-8(7-11)15-10(12)13-9/h3-6H2,1-2H3,(H2,12,13). The quantitative estimate of drug-likeness (QED) is 0.832. The van der Waals surface area contributed by atoms with Gasteiger partial charge in [-0.25, -0.2) is 4.98 Å². The van der Waals surface area contributed by atoms with Crippen molar-refractivity contribution in [1.82, 2.24) is 4.98 Å². The molecule has 15 heavy (non-hydrogen) atoms. The van der Waals surface area contributed by atoms with Crippen molar-refractivity contribution in [2.45, 2.75) is 26.7 Å². The number of rotatable bonds is 5. The molecule has 2 N–H and O–H groups in total. The molecule has 0 unspecified atom stereocenters. The van der Waals surface area contributed by atoms with Crippen LogP contribution in [0.3, 0.4) is 0 Å². The lowest BCUT2D eigenvalue weighted by Gasteiger charge is -2.20. The third-order valence-corrected chi connectivity index (χ3v) is 2.97. The Bertz CT molecular complexity index is 353. The van der Waals surface area contributed by atoms with Crippen LogP contribution in [0.5, 0.6) is 0 Å². The highest BCUT2D eigenvalue weighted by atomic mass is 32.1. The molecule has 1 heterocycles. The summed E-state index contributed by atoms with van der Waals surface area (Å²) in [5.41, 5.74) is 5.61. The smallest absolute Gasteiger partial charge is 0.183 e. The van der Waals surface area contributed by atoms with Gasteiger partial charge in [0.25, 0.3) is 0 Å². The van der Waals surface area contributed by atoms with E-state index in [2.05, 4.69) is 29.8 Å². The number of nitriles is 1. The first-order chi connectivity index (χ1) is 7.22. The number of anilines is 2. The van der Waals surface area contributed by atoms with Gasteiger partial charge in [0.1, 0.15) is 6.07 Å². The second-order valence-corrected chi connectivity index (χ2v) is 4.28. The monoisotopic (exact) mass is 224 g/mol. The Hall–Kier alpha value is -1.28. The van der Waals surface area contributed by atoms with Crippen molar-refractivity contribution in [1.29, 1.82) is 5.26 Å². The van der Waals surface area contributed by atoms with Crippen molar-refractivity contribution in [2.24, 2.45) is 0 Å². The Labute approximate surface area is 94.3 Å². The van der Waals surface area contributed by atoms with Gasteiger partial charge < -0.3 is 10.6 Å². The first kappa shape index (κ1) is 11.8. The molecule has 4 nitrogen and oxygen atoms in total. The Kier molecular flexibility index (Phi) is 4.37. The van der Waals surface area contributed by atoms with Gasteiger partial charge in [0, 0.05) is 13.1 Å². The number of nitrogens with zero attached hydrogens (tertiary/aromatic N) is 3. The molecule has 0 aromatic carbocycles. The molecule has 0 spiro atoms. The number of hydrogen-bond donors (Lipinski definition) is 1. The molecular formula is C10H16N4S. The van der Waals surface area contributed by atoms with Crippen molar-refractivity contribution in [2.75, 3.05) is 23.7 Å². The van der Waals surface area contributed by atoms with Crippen molar-refractivity contribution < 1.29 is 0 Å². The van der Waals surface area contributed by atoms with Gasteiger partial charge in [0.15, 0.2) is 15.8 Å². The lowest BCUT2D eigenvalue weighted by Crippen LogP contribution is -2.24. The Morgan fingerprint density at radius 2 is 2.27 bits per heavy atom. The lowest BCUT2D eigenvalue weighted by atomic mass is 10.3. The second-order valence-electron chi connectivity index (χ2n) is 3.25. The predicted molar refractivity (Wildman–Crippen MR) is 64.0 cm³/mol. The molecule has 0 aliphatic heterocycles. The zero-order valence-corrected chi connectivity index (χ0v) is 9.97. The van der Waals surface area contributed by atoms with Crippen LogP contribution in [-0.2, 0) is 0 Å². The second kappa shape index (κ2) is 5.56. The Morgan fingerprint density at radius 1 is 1.53 bits per heavy atom. The molecule has 1 aromatic rings. The van der Waals surface area contributed by atoms with Gasteiger partial charge in [-0.3, -0.25) is 0 Å². The molecule has 1 rings (SSSR count). The fourth-order valence-corrected chi connectivity index (χ4v) is 2.03. The van der Waals surface area contributed by atoms with Gasteiger partial charge >= 0.3 is 0 Å². The van der Waals surface area contributed by atoms with Gasteiger partial charge in [-0.2, -0.15) is 5.26 Å². The van der Waals surface area contributed by atoms with Crippen LogP contribution < -0.4 is 10.6 Å². The lowest BCUT2D eigenvalue weighted by molar-refractivity contribution is 0.725. The van der Waals surface area contributed by atoms with Gasteiger partial charge in [0.05, 0.1) is 0 Å². The number of hydrogen-bond acceptors (Lipinski definition) is 5. The summed E-state index contributed by atoms with van der Waals surface area (Å²) in [6, 6.07) is 2.14. The summed E-state index contributed by atoms with van der Waals surface area (Å²) >= 11 is 1.26. The normalized spacial score (nSPS) is 9.93. The van der Waals surface area contributed by atoms with E-state index in [0.29, 0.717) is 10.0 Å². The van der Waals surface area contributed by atoms with Crippen LogP contribution in [-0.4, -0.2) is 18.1 Å². The molecule has 1 aromatic heterocycles. The molecule has 0 amide bonds. The zero-order valence-electron chi connectivity index (χ0n) is 9.16. The first-order valence-electron chi connectivity index (χ1n) is 5.14. The highest BCUT2D eigenvalue weighted by molar-refractivity contribution is 7.16. The van der Waals surface area contributed by atoms with E-state index in [1.165, 1.54) is 11.3 Å². The molecule has 0 atom stereocenters. The fraction of sp³-hybridized carbons (Fsp3) is 0.600. The van der Waals surface area contributed by atoms with E-state index in [0.717, 1.165) is 31.7 Å². The number of unbranched alkanes of at least 4 members (excludes halogenated alkanes) is 1. The molecule has 0 aliphatic rings. The van der Waals surface area contributed by atoms with Crippen LogP contribution in [0.1, 0.15) is 31.6 Å². The van der Waals surface area contributed by atoms with Gasteiger partial charge in [-0.1, -0.05) is 24.7 Å². The zero-order chi connectivity index (χ0) is 11.3. The van der Waals surface area contributed by atoms with Crippen LogP contribution in [0.15, 0.2) is 0 Å². The van der Waals surface area contributed by atoms with Crippen molar-refractivity contribution in [3.63, 3.8) is 0 Å². The van der Waals surface area contributed by atoms with E-state index in [1.807, 2.05) is 0 Å². The summed E-state index contributed by atoms with van der Waals surface area (Å²) in [7, 11) is 0. The average Bonchev–Trinajstić information content (AvgIpc) is 2.61. The summed E-state index contributed by atoms with van der Waals surface area (Å²) < 4.78 is 0. The minimum Gasteiger partial charge on any atom is -0.375 e. The van der Waals surface area contributed by atoms with Crippen LogP contribution in [0.2, 0.25) is 0 Å². The van der Waals surface area contributed by atoms with Crippen LogP contribution in [0.25, 0.3) is 0 Å². The Morgan fingerprint density at radius 3 is 2.80 bits per heavy atom. The van der Waals surface area contributed by atoms with E-state index in [1.54, 1.807) is 0 Å². The first-order valence-corrected chi connectivity index (χ1v) is 5.95. The van der Waals surface area contributed by atoms with E-state index in [4.69, 9.17) is 11.0 Å². The molecule has 0 saturated heterocycles. The van der Waals surface area contributed by atoms with Crippen LogP contribution in [0, 0.1) is 11.3 Å². The summed E-state index contributed by atoms with van der Waals surface area (Å²) in [5, 5.41) is 9.41. The predicted octanol–water partition coefficient (Wildman–Crippen LogP) is 2.22. The molecule has 0 aliphatic carbocycles. The van der Waals surface area contributed by atoms with Crippen molar-refractivity contribution in [3.8, 4) is 6.07 Å². The molecule has 5 heteroatoms. The molecule has 0 radical (unpaired) electrons. The van der Waals surface area contributed by atoms with Gasteiger partial charge in [-0.05, 0) is 13.3 Å². The topological polar surface area (TPSA) is 65.9 Å². The van der Waals surface area contributed by atoms with E-state index in [9.17, 15) is 0 Å². The summed E-state index contributed by atoms with van der Waals surface area (Å²) in [4.78, 5) is 6.93. The molecular weight excluding hydrogens is 208 g/mol. The molecule has 82 valence electrons. The number of aromatic nitrogens is 1. The molecule has 0 saturated carbocycles. The SMILES string of the molecule is CCCCN(CC)c1nc(N)sc1C#N. The highest BCUT2D eigenvalue weighted by Gasteiger charge is 2.14. The minimum atomic E-state index is 0.469. The summed E-state index contributed by atoms with van der Waals surface area (Å²) in [6.45, 7) is 6.00. The number of nitrogens with two attached hydrogens (primary N) is 1. The Balaban J connectivity index is 2.86. The van der Waals surface area contributed by atoms with Crippen LogP contribution >= 0.6 is 11.3 Å². The molecule has 0 bridgehead atoms. The average molecular weight is 224 g/mol. The van der Waals surface area contributed by atoms with Crippen molar-refractivity contribution >= 4 is 22.3 Å². The maximum Gasteiger partial charge on any atom is 0.183 e. The number of nitrogen functional groups attached to an aromatic ring is 1. The third kappa shape index (κ3) is 2.83.